The third-order valence-corrected chi connectivity index (χ3v) is 5.37. The summed E-state index contributed by atoms with van der Waals surface area (Å²) in [4.78, 5) is 28.0. The first-order valence-corrected chi connectivity index (χ1v) is 10.8. The zero-order valence-corrected chi connectivity index (χ0v) is 19.1. The van der Waals surface area contributed by atoms with Crippen LogP contribution < -0.4 is 15.0 Å². The highest BCUT2D eigenvalue weighted by molar-refractivity contribution is 6.46. The molecule has 3 aromatic rings. The number of carbonyl (C=O) groups is 2. The minimum atomic E-state index is -0.508. The van der Waals surface area contributed by atoms with Gasteiger partial charge in [0.2, 0.25) is 0 Å². The highest BCUT2D eigenvalue weighted by atomic mass is 35.5. The predicted octanol–water partition coefficient (Wildman–Crippen LogP) is 5.97. The van der Waals surface area contributed by atoms with Crippen molar-refractivity contribution in [1.82, 2.24) is 0 Å². The van der Waals surface area contributed by atoms with E-state index in [0.29, 0.717) is 27.7 Å². The summed E-state index contributed by atoms with van der Waals surface area (Å²) in [5.41, 5.74) is 2.56. The summed E-state index contributed by atoms with van der Waals surface area (Å²) >= 11 is 6.06. The van der Waals surface area contributed by atoms with Gasteiger partial charge in [-0.05, 0) is 86.5 Å². The SMILES string of the molecule is Cc1cc(Cl)ccc1NC1=C(c2ccc(F)cc2)C(=O)N(c2ccc(OC(C)C)cc2)C1=O. The number of nitrogens with one attached hydrogen (secondary N) is 1. The summed E-state index contributed by atoms with van der Waals surface area (Å²) in [6.07, 6.45) is -0.00364. The van der Waals surface area contributed by atoms with Gasteiger partial charge in [-0.25, -0.2) is 9.29 Å². The largest absolute Gasteiger partial charge is 0.491 e. The van der Waals surface area contributed by atoms with E-state index in [2.05, 4.69) is 5.32 Å². The lowest BCUT2D eigenvalue weighted by Gasteiger charge is -2.17. The highest BCUT2D eigenvalue weighted by Crippen LogP contribution is 2.35. The summed E-state index contributed by atoms with van der Waals surface area (Å²) in [5, 5.41) is 3.67. The molecule has 5 nitrogen and oxygen atoms in total. The standard InChI is InChI=1S/C26H22ClFN2O3/c1-15(2)33-21-11-9-20(10-12-21)30-25(31)23(17-4-7-19(28)8-5-17)24(26(30)32)29-22-13-6-18(27)14-16(22)3/h4-15,29H,1-3H3. The molecule has 0 aromatic heterocycles. The molecule has 4 rings (SSSR count). The van der Waals surface area contributed by atoms with E-state index in [1.165, 1.54) is 24.3 Å². The van der Waals surface area contributed by atoms with Gasteiger partial charge < -0.3 is 10.1 Å². The lowest BCUT2D eigenvalue weighted by Crippen LogP contribution is -2.32. The minimum absolute atomic E-state index is 0.00364. The van der Waals surface area contributed by atoms with Crippen molar-refractivity contribution in [2.24, 2.45) is 0 Å². The fourth-order valence-corrected chi connectivity index (χ4v) is 3.84. The molecule has 1 aliphatic rings. The summed E-state index contributed by atoms with van der Waals surface area (Å²) in [7, 11) is 0. The number of halogens is 2. The number of hydrogen-bond acceptors (Lipinski definition) is 4. The quantitative estimate of drug-likeness (QED) is 0.456. The van der Waals surface area contributed by atoms with Gasteiger partial charge in [-0.15, -0.1) is 0 Å². The molecule has 0 radical (unpaired) electrons. The molecule has 0 saturated carbocycles. The van der Waals surface area contributed by atoms with Crippen molar-refractivity contribution in [3.63, 3.8) is 0 Å². The molecule has 0 spiro atoms. The van der Waals surface area contributed by atoms with Crippen LogP contribution in [0.4, 0.5) is 15.8 Å². The van der Waals surface area contributed by atoms with Crippen LogP contribution in [0.5, 0.6) is 5.75 Å². The van der Waals surface area contributed by atoms with Crippen LogP contribution in [0.1, 0.15) is 25.0 Å². The maximum absolute atomic E-state index is 13.5. The first kappa shape index (κ1) is 22.6. The van der Waals surface area contributed by atoms with E-state index in [1.54, 1.807) is 42.5 Å². The second kappa shape index (κ2) is 9.08. The van der Waals surface area contributed by atoms with Gasteiger partial charge >= 0.3 is 0 Å². The van der Waals surface area contributed by atoms with Gasteiger partial charge in [0.15, 0.2) is 0 Å². The summed E-state index contributed by atoms with van der Waals surface area (Å²) < 4.78 is 19.2. The van der Waals surface area contributed by atoms with E-state index in [1.807, 2.05) is 20.8 Å². The molecule has 1 aliphatic heterocycles. The van der Waals surface area contributed by atoms with Gasteiger partial charge in [0, 0.05) is 10.7 Å². The van der Waals surface area contributed by atoms with Crippen molar-refractivity contribution in [2.75, 3.05) is 10.2 Å². The van der Waals surface area contributed by atoms with E-state index >= 15 is 0 Å². The van der Waals surface area contributed by atoms with Crippen LogP contribution in [0.3, 0.4) is 0 Å². The molecule has 168 valence electrons. The Kier molecular flexibility index (Phi) is 6.20. The molecule has 1 heterocycles. The zero-order chi connectivity index (χ0) is 23.7. The van der Waals surface area contributed by atoms with Crippen LogP contribution in [0, 0.1) is 12.7 Å². The number of rotatable bonds is 6. The Hall–Kier alpha value is -3.64. The monoisotopic (exact) mass is 464 g/mol. The average Bonchev–Trinajstić information content (AvgIpc) is 3.00. The molecule has 0 fully saturated rings. The summed E-state index contributed by atoms with van der Waals surface area (Å²) in [5.74, 6) is -0.809. The fourth-order valence-electron chi connectivity index (χ4n) is 3.61. The van der Waals surface area contributed by atoms with E-state index in [9.17, 15) is 14.0 Å². The third-order valence-electron chi connectivity index (χ3n) is 5.13. The van der Waals surface area contributed by atoms with Crippen LogP contribution in [0.25, 0.3) is 5.57 Å². The smallest absolute Gasteiger partial charge is 0.282 e. The molecule has 0 aliphatic carbocycles. The van der Waals surface area contributed by atoms with Crippen LogP contribution in [0.2, 0.25) is 5.02 Å². The molecule has 3 aromatic carbocycles. The predicted molar refractivity (Wildman–Crippen MR) is 128 cm³/mol. The Labute approximate surface area is 196 Å². The molecule has 0 atom stereocenters. The number of hydrogen-bond donors (Lipinski definition) is 1. The molecule has 0 saturated heterocycles. The van der Waals surface area contributed by atoms with Crippen molar-refractivity contribution in [2.45, 2.75) is 26.9 Å². The summed E-state index contributed by atoms with van der Waals surface area (Å²) in [6, 6.07) is 17.4. The van der Waals surface area contributed by atoms with Crippen molar-refractivity contribution in [3.8, 4) is 5.75 Å². The molecule has 0 bridgehead atoms. The van der Waals surface area contributed by atoms with E-state index in [-0.39, 0.29) is 17.4 Å². The molecule has 2 amide bonds. The Bertz CT molecular complexity index is 1250. The molecule has 33 heavy (non-hydrogen) atoms. The molecule has 1 N–H and O–H groups in total. The molecule has 0 unspecified atom stereocenters. The molecule has 7 heteroatoms. The van der Waals surface area contributed by atoms with Gasteiger partial charge in [-0.3, -0.25) is 9.59 Å². The fraction of sp³-hybridized carbons (Fsp3) is 0.154. The number of benzene rings is 3. The second-order valence-electron chi connectivity index (χ2n) is 7.95. The van der Waals surface area contributed by atoms with Crippen molar-refractivity contribution in [1.29, 1.82) is 0 Å². The van der Waals surface area contributed by atoms with E-state index < -0.39 is 17.6 Å². The minimum Gasteiger partial charge on any atom is -0.491 e. The Balaban J connectivity index is 1.76. The highest BCUT2D eigenvalue weighted by Gasteiger charge is 2.40. The van der Waals surface area contributed by atoms with Gasteiger partial charge in [-0.2, -0.15) is 0 Å². The van der Waals surface area contributed by atoms with Crippen molar-refractivity contribution in [3.05, 3.63) is 94.4 Å². The van der Waals surface area contributed by atoms with Gasteiger partial charge in [-0.1, -0.05) is 23.7 Å². The van der Waals surface area contributed by atoms with Crippen LogP contribution in [-0.2, 0) is 9.59 Å². The number of aryl methyl sites for hydroxylation is 1. The number of amides is 2. The lowest BCUT2D eigenvalue weighted by atomic mass is 10.0. The third kappa shape index (κ3) is 4.61. The first-order chi connectivity index (χ1) is 15.7. The van der Waals surface area contributed by atoms with Crippen LogP contribution >= 0.6 is 11.6 Å². The Morgan fingerprint density at radius 2 is 1.61 bits per heavy atom. The molecular formula is C26H22ClFN2O3. The normalized spacial score (nSPS) is 13.8. The summed E-state index contributed by atoms with van der Waals surface area (Å²) in [6.45, 7) is 5.67. The Morgan fingerprint density at radius 3 is 2.21 bits per heavy atom. The number of anilines is 2. The number of imide groups is 1. The average molecular weight is 465 g/mol. The van der Waals surface area contributed by atoms with E-state index in [4.69, 9.17) is 16.3 Å². The van der Waals surface area contributed by atoms with Gasteiger partial charge in [0.25, 0.3) is 11.8 Å². The maximum Gasteiger partial charge on any atom is 0.282 e. The van der Waals surface area contributed by atoms with Gasteiger partial charge in [0.1, 0.15) is 17.3 Å². The number of carbonyl (C=O) groups excluding carboxylic acids is 2. The lowest BCUT2D eigenvalue weighted by molar-refractivity contribution is -0.120. The van der Waals surface area contributed by atoms with Crippen LogP contribution in [0.15, 0.2) is 72.4 Å². The molecular weight excluding hydrogens is 443 g/mol. The van der Waals surface area contributed by atoms with Gasteiger partial charge in [0.05, 0.1) is 17.4 Å². The zero-order valence-electron chi connectivity index (χ0n) is 18.4. The van der Waals surface area contributed by atoms with Crippen molar-refractivity contribution < 1.29 is 18.7 Å². The topological polar surface area (TPSA) is 58.6 Å². The maximum atomic E-state index is 13.5. The van der Waals surface area contributed by atoms with E-state index in [0.717, 1.165) is 10.5 Å². The number of nitrogens with zero attached hydrogens (tertiary/aromatic N) is 1. The Morgan fingerprint density at radius 1 is 0.939 bits per heavy atom. The second-order valence-corrected chi connectivity index (χ2v) is 8.38. The van der Waals surface area contributed by atoms with Crippen LogP contribution in [-0.4, -0.2) is 17.9 Å². The number of ether oxygens (including phenoxy) is 1. The first-order valence-electron chi connectivity index (χ1n) is 10.4. The van der Waals surface area contributed by atoms with Crippen molar-refractivity contribution >= 4 is 40.4 Å².